The predicted molar refractivity (Wildman–Crippen MR) is 73.1 cm³/mol. The zero-order valence-corrected chi connectivity index (χ0v) is 11.7. The largest absolute Gasteiger partial charge is 0.481 e. The molecule has 0 saturated heterocycles. The van der Waals surface area contributed by atoms with Gasteiger partial charge >= 0.3 is 11.9 Å². The van der Waals surface area contributed by atoms with E-state index in [-0.39, 0.29) is 0 Å². The number of hydrogen-bond donors (Lipinski definition) is 3. The summed E-state index contributed by atoms with van der Waals surface area (Å²) in [6.07, 6.45) is -1.64. The molecule has 1 unspecified atom stereocenters. The third-order valence-electron chi connectivity index (χ3n) is 2.70. The first-order valence-corrected chi connectivity index (χ1v) is 6.28. The molecular weight excluding hydrogens is 278 g/mol. The molecule has 3 N–H and O–H groups in total. The predicted octanol–water partition coefficient (Wildman–Crippen LogP) is 0.806. The number of rotatable bonds is 7. The van der Waals surface area contributed by atoms with E-state index >= 15 is 0 Å². The van der Waals surface area contributed by atoms with Gasteiger partial charge in [-0.05, 0) is 26.0 Å². The van der Waals surface area contributed by atoms with Gasteiger partial charge in [0.2, 0.25) is 0 Å². The lowest BCUT2D eigenvalue weighted by Crippen LogP contribution is -2.47. The maximum Gasteiger partial charge on any atom is 0.326 e. The van der Waals surface area contributed by atoms with Crippen molar-refractivity contribution in [2.45, 2.75) is 32.4 Å². The molecule has 21 heavy (non-hydrogen) atoms. The average Bonchev–Trinajstić information content (AvgIpc) is 2.39. The van der Waals surface area contributed by atoms with Crippen LogP contribution in [-0.2, 0) is 14.4 Å². The Bertz CT molecular complexity index is 525. The van der Waals surface area contributed by atoms with Gasteiger partial charge in [-0.3, -0.25) is 9.59 Å². The van der Waals surface area contributed by atoms with Crippen molar-refractivity contribution < 1.29 is 29.3 Å². The monoisotopic (exact) mass is 295 g/mol. The fraction of sp³-hybridized carbons (Fsp3) is 0.357. The molecule has 0 spiro atoms. The highest BCUT2D eigenvalue weighted by molar-refractivity contribution is 5.88. The zero-order valence-electron chi connectivity index (χ0n) is 11.7. The fourth-order valence-corrected chi connectivity index (χ4v) is 1.54. The number of benzene rings is 1. The first-order valence-electron chi connectivity index (χ1n) is 6.28. The van der Waals surface area contributed by atoms with Crippen molar-refractivity contribution in [1.29, 1.82) is 0 Å². The van der Waals surface area contributed by atoms with Crippen molar-refractivity contribution in [1.82, 2.24) is 5.32 Å². The van der Waals surface area contributed by atoms with E-state index in [2.05, 4.69) is 5.32 Å². The second kappa shape index (κ2) is 7.28. The summed E-state index contributed by atoms with van der Waals surface area (Å²) in [7, 11) is 0. The molecule has 0 heterocycles. The van der Waals surface area contributed by atoms with Crippen LogP contribution in [0.1, 0.15) is 18.9 Å². The van der Waals surface area contributed by atoms with Crippen LogP contribution in [-0.4, -0.2) is 40.2 Å². The molecule has 7 heteroatoms. The van der Waals surface area contributed by atoms with Crippen molar-refractivity contribution >= 4 is 17.8 Å². The summed E-state index contributed by atoms with van der Waals surface area (Å²) < 4.78 is 5.36. The molecule has 0 aliphatic carbocycles. The number of carboxylic acids is 2. The normalized spacial score (nSPS) is 13.0. The third-order valence-corrected chi connectivity index (χ3v) is 2.70. The summed E-state index contributed by atoms with van der Waals surface area (Å²) in [5.41, 5.74) is 1.03. The van der Waals surface area contributed by atoms with Gasteiger partial charge < -0.3 is 20.3 Å². The van der Waals surface area contributed by atoms with E-state index in [1.807, 2.05) is 19.1 Å². The fourth-order valence-electron chi connectivity index (χ4n) is 1.54. The van der Waals surface area contributed by atoms with Crippen LogP contribution in [0.2, 0.25) is 0 Å². The summed E-state index contributed by atoms with van der Waals surface area (Å²) in [6, 6.07) is 5.50. The van der Waals surface area contributed by atoms with Crippen LogP contribution in [0.25, 0.3) is 0 Å². The molecule has 7 nitrogen and oxygen atoms in total. The molecule has 1 rings (SSSR count). The molecule has 2 atom stereocenters. The summed E-state index contributed by atoms with van der Waals surface area (Å²) in [4.78, 5) is 33.2. The highest BCUT2D eigenvalue weighted by Gasteiger charge is 2.26. The highest BCUT2D eigenvalue weighted by Crippen LogP contribution is 2.13. The van der Waals surface area contributed by atoms with E-state index in [9.17, 15) is 14.4 Å². The Kier molecular flexibility index (Phi) is 5.71. The Morgan fingerprint density at radius 1 is 1.19 bits per heavy atom. The Morgan fingerprint density at radius 3 is 2.24 bits per heavy atom. The summed E-state index contributed by atoms with van der Waals surface area (Å²) >= 11 is 0. The quantitative estimate of drug-likeness (QED) is 0.686. The minimum absolute atomic E-state index is 0.466. The SMILES string of the molecule is Cc1ccc(OC(C)C(=O)N[C@@H](CC(=O)O)C(=O)O)cc1. The lowest BCUT2D eigenvalue weighted by Gasteiger charge is -2.18. The van der Waals surface area contributed by atoms with Gasteiger partial charge in [-0.2, -0.15) is 0 Å². The second-order valence-electron chi connectivity index (χ2n) is 4.57. The number of carboxylic acid groups (broad SMARTS) is 2. The van der Waals surface area contributed by atoms with Crippen molar-refractivity contribution in [3.8, 4) is 5.75 Å². The number of carbonyl (C=O) groups excluding carboxylic acids is 1. The topological polar surface area (TPSA) is 113 Å². The van der Waals surface area contributed by atoms with Gasteiger partial charge in [0.25, 0.3) is 5.91 Å². The summed E-state index contributed by atoms with van der Waals surface area (Å²) in [5.74, 6) is -2.94. The van der Waals surface area contributed by atoms with E-state index < -0.39 is 36.4 Å². The lowest BCUT2D eigenvalue weighted by molar-refractivity contribution is -0.147. The van der Waals surface area contributed by atoms with Crippen LogP contribution in [0, 0.1) is 6.92 Å². The van der Waals surface area contributed by atoms with Gasteiger partial charge in [-0.25, -0.2) is 4.79 Å². The van der Waals surface area contributed by atoms with Crippen molar-refractivity contribution in [2.24, 2.45) is 0 Å². The molecule has 0 saturated carbocycles. The smallest absolute Gasteiger partial charge is 0.326 e. The molecule has 1 amide bonds. The molecule has 0 aliphatic heterocycles. The number of aryl methyl sites for hydroxylation is 1. The van der Waals surface area contributed by atoms with Gasteiger partial charge in [-0.1, -0.05) is 17.7 Å². The van der Waals surface area contributed by atoms with E-state index in [4.69, 9.17) is 14.9 Å². The van der Waals surface area contributed by atoms with E-state index in [0.717, 1.165) is 5.56 Å². The number of hydrogen-bond acceptors (Lipinski definition) is 4. The molecule has 114 valence electrons. The van der Waals surface area contributed by atoms with Crippen molar-refractivity contribution in [3.63, 3.8) is 0 Å². The standard InChI is InChI=1S/C14H17NO6/c1-8-3-5-10(6-4-8)21-9(2)13(18)15-11(14(19)20)7-12(16)17/h3-6,9,11H,7H2,1-2H3,(H,15,18)(H,16,17)(H,19,20)/t9?,11-/m0/s1. The van der Waals surface area contributed by atoms with Crippen molar-refractivity contribution in [3.05, 3.63) is 29.8 Å². The van der Waals surface area contributed by atoms with E-state index in [1.165, 1.54) is 6.92 Å². The number of aliphatic carboxylic acids is 2. The summed E-state index contributed by atoms with van der Waals surface area (Å²) in [5, 5.41) is 19.6. The maximum atomic E-state index is 11.8. The van der Waals surface area contributed by atoms with Gasteiger partial charge in [0.15, 0.2) is 6.10 Å². The highest BCUT2D eigenvalue weighted by atomic mass is 16.5. The van der Waals surface area contributed by atoms with Crippen molar-refractivity contribution in [2.75, 3.05) is 0 Å². The van der Waals surface area contributed by atoms with Gasteiger partial charge in [0, 0.05) is 0 Å². The van der Waals surface area contributed by atoms with Crippen LogP contribution in [0.3, 0.4) is 0 Å². The Balaban J connectivity index is 2.62. The molecule has 1 aromatic carbocycles. The number of carbonyl (C=O) groups is 3. The Hall–Kier alpha value is -2.57. The maximum absolute atomic E-state index is 11.8. The third kappa shape index (κ3) is 5.52. The van der Waals surface area contributed by atoms with E-state index in [1.54, 1.807) is 12.1 Å². The molecular formula is C14H17NO6. The van der Waals surface area contributed by atoms with Crippen LogP contribution >= 0.6 is 0 Å². The van der Waals surface area contributed by atoms with Crippen LogP contribution in [0.4, 0.5) is 0 Å². The second-order valence-corrected chi connectivity index (χ2v) is 4.57. The van der Waals surface area contributed by atoms with Gasteiger partial charge in [-0.15, -0.1) is 0 Å². The molecule has 0 aromatic heterocycles. The minimum atomic E-state index is -1.49. The number of amides is 1. The Morgan fingerprint density at radius 2 is 1.76 bits per heavy atom. The van der Waals surface area contributed by atoms with Crippen LogP contribution < -0.4 is 10.1 Å². The molecule has 0 aliphatic rings. The molecule has 0 bridgehead atoms. The van der Waals surface area contributed by atoms with Gasteiger partial charge in [0.1, 0.15) is 11.8 Å². The first-order chi connectivity index (χ1) is 9.79. The molecule has 1 aromatic rings. The van der Waals surface area contributed by atoms with Gasteiger partial charge in [0.05, 0.1) is 6.42 Å². The average molecular weight is 295 g/mol. The molecule has 0 fully saturated rings. The first kappa shape index (κ1) is 16.5. The van der Waals surface area contributed by atoms with Crippen LogP contribution in [0.15, 0.2) is 24.3 Å². The number of nitrogens with one attached hydrogen (secondary N) is 1. The molecule has 0 radical (unpaired) electrons. The zero-order chi connectivity index (χ0) is 16.0. The minimum Gasteiger partial charge on any atom is -0.481 e. The lowest BCUT2D eigenvalue weighted by atomic mass is 10.2. The number of ether oxygens (including phenoxy) is 1. The Labute approximate surface area is 121 Å². The summed E-state index contributed by atoms with van der Waals surface area (Å²) in [6.45, 7) is 3.36. The van der Waals surface area contributed by atoms with E-state index in [0.29, 0.717) is 5.75 Å². The van der Waals surface area contributed by atoms with Crippen LogP contribution in [0.5, 0.6) is 5.75 Å².